The Bertz CT molecular complexity index is 2620. The van der Waals surface area contributed by atoms with E-state index < -0.39 is 96.1 Å². The number of hydrogen-bond donors (Lipinski definition) is 0. The monoisotopic (exact) mass is 1140 g/mol. The molecule has 20 nitrogen and oxygen atoms in total. The molecule has 1 saturated heterocycles. The van der Waals surface area contributed by atoms with Crippen molar-refractivity contribution < 1.29 is 57.3 Å². The Balaban J connectivity index is 1.59. The largest absolute Gasteiger partial charge is 0.451 e. The number of benzene rings is 2. The van der Waals surface area contributed by atoms with Crippen molar-refractivity contribution in [2.24, 2.45) is 23.7 Å². The summed E-state index contributed by atoms with van der Waals surface area (Å²) >= 11 is 0. The maximum Gasteiger partial charge on any atom is 0.329 e. The molecule has 448 valence electrons. The highest BCUT2D eigenvalue weighted by Crippen LogP contribution is 2.25. The highest BCUT2D eigenvalue weighted by molar-refractivity contribution is 5.94. The van der Waals surface area contributed by atoms with Crippen molar-refractivity contribution in [2.45, 2.75) is 183 Å². The van der Waals surface area contributed by atoms with Crippen molar-refractivity contribution in [2.75, 3.05) is 28.2 Å². The lowest BCUT2D eigenvalue weighted by atomic mass is 9.99. The molecule has 0 unspecified atom stereocenters. The number of ether oxygens (including phenoxy) is 4. The number of cyclic esters (lactones) is 4. The zero-order valence-corrected chi connectivity index (χ0v) is 51.0. The number of rotatable bonds is 16. The molecule has 4 aromatic rings. The molecule has 2 aromatic carbocycles. The van der Waals surface area contributed by atoms with Gasteiger partial charge in [0.15, 0.2) is 24.4 Å². The number of aryl methyl sites for hydroxylation is 2. The van der Waals surface area contributed by atoms with Gasteiger partial charge in [0.25, 0.3) is 23.6 Å². The molecule has 0 bridgehead atoms. The standard InChI is InChI=1S/C62H88N8O12/c1-37(2)29-49-59(75)79-43(11)55(71)65(13)52(32-40(7)8)62(78)82-54(34-46-19-23-48(24-20-46)36-70-42(10)26-28-64-70)58(74)68(16)50(30-38(3)4)60(76)80-44(12)56(72)66(14)51(31-39(5)6)61(77)81-53(57(73)67(49)15)33-45-17-21-47(22-18-45)35-69-41(9)25-27-63-69/h17-28,37-40,43-44,49-54H,29-36H2,1-16H3/t43-,44-,49+,50+,51+,52+,53-,54-/m1/s1. The van der Waals surface area contributed by atoms with Crippen LogP contribution in [0.1, 0.15) is 129 Å². The topological polar surface area (TPSA) is 222 Å². The third-order valence-corrected chi connectivity index (χ3v) is 14.9. The molecular formula is C62H88N8O12. The molecule has 20 heteroatoms. The minimum atomic E-state index is -1.53. The minimum absolute atomic E-state index is 0.0841. The SMILES string of the molecule is Cc1ccnn1Cc1ccc(C[C@H]2OC(=O)[C@H](CC(C)C)N(C)C(=O)[C@@H](C)OC(=O)[C@H](CC(C)C)N(C)C(=O)[C@@H](Cc3ccc(Cn4nccc4C)cc3)OC(=O)[C@H](CC(C)C)N(C)C(=O)[C@@H](C)OC(=O)[C@H](CC(C)C)N(C)C2=O)cc1. The molecule has 82 heavy (non-hydrogen) atoms. The molecule has 0 aliphatic carbocycles. The van der Waals surface area contributed by atoms with Gasteiger partial charge < -0.3 is 38.5 Å². The first-order valence-electron chi connectivity index (χ1n) is 28.6. The number of hydrogen-bond acceptors (Lipinski definition) is 14. The molecule has 4 amide bonds. The predicted octanol–water partition coefficient (Wildman–Crippen LogP) is 6.77. The van der Waals surface area contributed by atoms with Gasteiger partial charge in [0, 0.05) is 64.8 Å². The molecule has 8 atom stereocenters. The summed E-state index contributed by atoms with van der Waals surface area (Å²) in [6, 6.07) is 13.4. The second kappa shape index (κ2) is 29.6. The maximum absolute atomic E-state index is 15.0. The van der Waals surface area contributed by atoms with Crippen molar-refractivity contribution in [3.05, 3.63) is 107 Å². The fourth-order valence-electron chi connectivity index (χ4n) is 9.94. The molecule has 2 aromatic heterocycles. The fraction of sp³-hybridized carbons (Fsp3) is 0.581. The van der Waals surface area contributed by atoms with Gasteiger partial charge in [-0.2, -0.15) is 10.2 Å². The normalized spacial score (nSPS) is 23.0. The lowest BCUT2D eigenvalue weighted by Gasteiger charge is -2.35. The Morgan fingerprint density at radius 1 is 0.390 bits per heavy atom. The summed E-state index contributed by atoms with van der Waals surface area (Å²) in [5, 5.41) is 8.76. The number of carbonyl (C=O) groups excluding carboxylic acids is 8. The van der Waals surface area contributed by atoms with E-state index in [-0.39, 0.29) is 62.2 Å². The molecule has 1 aliphatic rings. The van der Waals surface area contributed by atoms with Crippen LogP contribution in [-0.4, -0.2) is 163 Å². The Hall–Kier alpha value is -7.38. The van der Waals surface area contributed by atoms with Gasteiger partial charge in [0.2, 0.25) is 0 Å². The summed E-state index contributed by atoms with van der Waals surface area (Å²) in [7, 11) is 5.58. The van der Waals surface area contributed by atoms with Crippen LogP contribution in [0.25, 0.3) is 0 Å². The van der Waals surface area contributed by atoms with Gasteiger partial charge in [-0.15, -0.1) is 0 Å². The van der Waals surface area contributed by atoms with E-state index in [0.717, 1.165) is 42.1 Å². The molecule has 0 saturated carbocycles. The maximum atomic E-state index is 15.0. The second-order valence-corrected chi connectivity index (χ2v) is 23.7. The number of likely N-dealkylation sites (N-methyl/N-ethyl adjacent to an activating group) is 4. The van der Waals surface area contributed by atoms with Gasteiger partial charge in [-0.25, -0.2) is 19.2 Å². The highest BCUT2D eigenvalue weighted by Gasteiger charge is 2.43. The van der Waals surface area contributed by atoms with Gasteiger partial charge in [-0.1, -0.05) is 104 Å². The molecular weight excluding hydrogens is 1050 g/mol. The predicted molar refractivity (Wildman–Crippen MR) is 307 cm³/mol. The van der Waals surface area contributed by atoms with Gasteiger partial charge in [0.05, 0.1) is 13.1 Å². The number of carbonyl (C=O) groups is 8. The molecule has 3 heterocycles. The van der Waals surface area contributed by atoms with Crippen LogP contribution in [0.15, 0.2) is 73.1 Å². The summed E-state index contributed by atoms with van der Waals surface area (Å²) in [6.07, 6.45) is -2.52. The average molecular weight is 1140 g/mol. The van der Waals surface area contributed by atoms with Crippen molar-refractivity contribution in [1.29, 1.82) is 0 Å². The summed E-state index contributed by atoms with van der Waals surface area (Å²) in [5.41, 5.74) is 5.02. The van der Waals surface area contributed by atoms with Crippen molar-refractivity contribution in [1.82, 2.24) is 39.2 Å². The number of esters is 4. The van der Waals surface area contributed by atoms with Crippen LogP contribution in [0.4, 0.5) is 0 Å². The van der Waals surface area contributed by atoms with Gasteiger partial charge in [-0.3, -0.25) is 28.5 Å². The van der Waals surface area contributed by atoms with Crippen LogP contribution in [0.5, 0.6) is 0 Å². The first kappa shape index (κ1) is 65.4. The zero-order chi connectivity index (χ0) is 60.9. The molecule has 1 aliphatic heterocycles. The van der Waals surface area contributed by atoms with Gasteiger partial charge in [-0.05, 0) is 111 Å². The van der Waals surface area contributed by atoms with E-state index in [2.05, 4.69) is 10.2 Å². The van der Waals surface area contributed by atoms with Crippen LogP contribution in [0, 0.1) is 37.5 Å². The first-order valence-corrected chi connectivity index (χ1v) is 28.6. The Kier molecular flexibility index (Phi) is 23.6. The molecule has 5 rings (SSSR count). The van der Waals surface area contributed by atoms with Gasteiger partial charge in [0.1, 0.15) is 24.2 Å². The van der Waals surface area contributed by atoms with Crippen molar-refractivity contribution >= 4 is 47.5 Å². The molecule has 0 radical (unpaired) electrons. The van der Waals surface area contributed by atoms with Crippen LogP contribution in [0.2, 0.25) is 0 Å². The van der Waals surface area contributed by atoms with E-state index in [1.807, 2.05) is 139 Å². The fourth-order valence-corrected chi connectivity index (χ4v) is 9.94. The molecule has 1 fully saturated rings. The van der Waals surface area contributed by atoms with Crippen LogP contribution < -0.4 is 0 Å². The smallest absolute Gasteiger partial charge is 0.329 e. The van der Waals surface area contributed by atoms with E-state index in [0.29, 0.717) is 24.2 Å². The average Bonchev–Trinajstić information content (AvgIpc) is 4.20. The first-order chi connectivity index (χ1) is 38.6. The summed E-state index contributed by atoms with van der Waals surface area (Å²) in [5.74, 6) is -7.41. The Morgan fingerprint density at radius 2 is 0.646 bits per heavy atom. The highest BCUT2D eigenvalue weighted by atomic mass is 16.6. The number of aromatic nitrogens is 4. The Labute approximate surface area is 484 Å². The summed E-state index contributed by atoms with van der Waals surface area (Å²) in [6.45, 7) is 22.4. The van der Waals surface area contributed by atoms with Crippen LogP contribution in [0.3, 0.4) is 0 Å². The minimum Gasteiger partial charge on any atom is -0.451 e. The van der Waals surface area contributed by atoms with E-state index in [4.69, 9.17) is 18.9 Å². The molecule has 0 N–H and O–H groups in total. The van der Waals surface area contributed by atoms with Crippen molar-refractivity contribution in [3.63, 3.8) is 0 Å². The molecule has 0 spiro atoms. The third kappa shape index (κ3) is 17.8. The summed E-state index contributed by atoms with van der Waals surface area (Å²) < 4.78 is 27.9. The lowest BCUT2D eigenvalue weighted by Crippen LogP contribution is -2.55. The third-order valence-electron chi connectivity index (χ3n) is 14.9. The van der Waals surface area contributed by atoms with E-state index in [1.165, 1.54) is 42.0 Å². The number of amides is 4. The number of nitrogens with zero attached hydrogens (tertiary/aromatic N) is 8. The van der Waals surface area contributed by atoms with Crippen LogP contribution >= 0.6 is 0 Å². The van der Waals surface area contributed by atoms with Crippen molar-refractivity contribution in [3.8, 4) is 0 Å². The quantitative estimate of drug-likeness (QED) is 0.0835. The summed E-state index contributed by atoms with van der Waals surface area (Å²) in [4.78, 5) is 122. The van der Waals surface area contributed by atoms with Gasteiger partial charge >= 0.3 is 23.9 Å². The zero-order valence-electron chi connectivity index (χ0n) is 51.0. The van der Waals surface area contributed by atoms with E-state index in [9.17, 15) is 28.8 Å². The van der Waals surface area contributed by atoms with E-state index in [1.54, 1.807) is 12.4 Å². The second-order valence-electron chi connectivity index (χ2n) is 23.7. The van der Waals surface area contributed by atoms with Crippen LogP contribution in [-0.2, 0) is 83.2 Å². The van der Waals surface area contributed by atoms with E-state index >= 15 is 9.59 Å². The lowest BCUT2D eigenvalue weighted by molar-refractivity contribution is -0.176. The Morgan fingerprint density at radius 3 is 0.902 bits per heavy atom.